The highest BCUT2D eigenvalue weighted by Gasteiger charge is 2.17. The van der Waals surface area contributed by atoms with Gasteiger partial charge >= 0.3 is 5.97 Å². The zero-order valence-corrected chi connectivity index (χ0v) is 8.57. The summed E-state index contributed by atoms with van der Waals surface area (Å²) in [6, 6.07) is 0.544. The summed E-state index contributed by atoms with van der Waals surface area (Å²) in [7, 11) is 2.12. The minimum atomic E-state index is -0.908. The molecule has 1 aliphatic heterocycles. The molecular weight excluding hydrogens is 180 g/mol. The highest BCUT2D eigenvalue weighted by molar-refractivity contribution is 5.79. The van der Waals surface area contributed by atoms with E-state index < -0.39 is 5.97 Å². The van der Waals surface area contributed by atoms with E-state index >= 15 is 0 Å². The summed E-state index contributed by atoms with van der Waals surface area (Å²) >= 11 is 0. The summed E-state index contributed by atoms with van der Waals surface area (Å²) in [5, 5.41) is 11.4. The quantitative estimate of drug-likeness (QED) is 0.652. The Labute approximate surface area is 84.6 Å². The van der Waals surface area contributed by atoms with Crippen LogP contribution < -0.4 is 5.32 Å². The first-order valence-corrected chi connectivity index (χ1v) is 5.03. The molecule has 14 heavy (non-hydrogen) atoms. The van der Waals surface area contributed by atoms with Crippen LogP contribution in [-0.4, -0.2) is 42.2 Å². The molecule has 0 saturated carbocycles. The van der Waals surface area contributed by atoms with Crippen LogP contribution in [0.4, 0.5) is 0 Å². The van der Waals surface area contributed by atoms with E-state index in [0.29, 0.717) is 6.04 Å². The minimum absolute atomic E-state index is 0.544. The summed E-state index contributed by atoms with van der Waals surface area (Å²) < 4.78 is 0. The number of nitrogens with zero attached hydrogens (tertiary/aromatic N) is 1. The molecule has 80 valence electrons. The fraction of sp³-hybridized carbons (Fsp3) is 0.700. The summed E-state index contributed by atoms with van der Waals surface area (Å²) in [5.74, 6) is -0.908. The van der Waals surface area contributed by atoms with E-state index in [1.807, 2.05) is 0 Å². The van der Waals surface area contributed by atoms with Crippen molar-refractivity contribution in [1.82, 2.24) is 10.2 Å². The van der Waals surface area contributed by atoms with E-state index in [0.717, 1.165) is 19.2 Å². The van der Waals surface area contributed by atoms with Gasteiger partial charge in [-0.15, -0.1) is 0 Å². The SMILES string of the molecule is CN1CCCCC1CN/C=C/C(=O)O. The van der Waals surface area contributed by atoms with Gasteiger partial charge < -0.3 is 15.3 Å². The molecule has 0 amide bonds. The molecule has 4 nitrogen and oxygen atoms in total. The number of hydrogen-bond acceptors (Lipinski definition) is 3. The Bertz CT molecular complexity index is 216. The van der Waals surface area contributed by atoms with Crippen LogP contribution in [0.3, 0.4) is 0 Å². The molecule has 0 spiro atoms. The van der Waals surface area contributed by atoms with E-state index in [1.165, 1.54) is 25.5 Å². The van der Waals surface area contributed by atoms with Crippen molar-refractivity contribution in [1.29, 1.82) is 0 Å². The molecule has 0 aromatic carbocycles. The largest absolute Gasteiger partial charge is 0.478 e. The summed E-state index contributed by atoms with van der Waals surface area (Å²) in [6.07, 6.45) is 6.38. The lowest BCUT2D eigenvalue weighted by molar-refractivity contribution is -0.131. The molecule has 1 fully saturated rings. The van der Waals surface area contributed by atoms with Crippen LogP contribution in [0, 0.1) is 0 Å². The Balaban J connectivity index is 2.19. The van der Waals surface area contributed by atoms with Crippen LogP contribution >= 0.6 is 0 Å². The number of hydrogen-bond donors (Lipinski definition) is 2. The van der Waals surface area contributed by atoms with E-state index in [2.05, 4.69) is 17.3 Å². The third-order valence-electron chi connectivity index (χ3n) is 2.62. The van der Waals surface area contributed by atoms with Crippen molar-refractivity contribution >= 4 is 5.97 Å². The Morgan fingerprint density at radius 3 is 3.07 bits per heavy atom. The highest BCUT2D eigenvalue weighted by Crippen LogP contribution is 2.13. The zero-order chi connectivity index (χ0) is 10.4. The number of rotatable bonds is 4. The first-order chi connectivity index (χ1) is 6.70. The van der Waals surface area contributed by atoms with E-state index in [9.17, 15) is 4.79 Å². The number of likely N-dealkylation sites (N-methyl/N-ethyl adjacent to an activating group) is 1. The van der Waals surface area contributed by atoms with Crippen molar-refractivity contribution in [2.45, 2.75) is 25.3 Å². The third kappa shape index (κ3) is 3.79. The maximum atomic E-state index is 10.2. The molecular formula is C10H18N2O2. The summed E-state index contributed by atoms with van der Waals surface area (Å²) in [6.45, 7) is 1.98. The molecule has 1 rings (SSSR count). The van der Waals surface area contributed by atoms with Crippen molar-refractivity contribution in [3.05, 3.63) is 12.3 Å². The van der Waals surface area contributed by atoms with Crippen LogP contribution in [0.2, 0.25) is 0 Å². The fourth-order valence-corrected chi connectivity index (χ4v) is 1.74. The molecule has 2 N–H and O–H groups in total. The number of aliphatic carboxylic acids is 1. The summed E-state index contributed by atoms with van der Waals surface area (Å²) in [4.78, 5) is 12.5. The van der Waals surface area contributed by atoms with Crippen molar-refractivity contribution in [2.24, 2.45) is 0 Å². The van der Waals surface area contributed by atoms with Crippen LogP contribution in [0.15, 0.2) is 12.3 Å². The van der Waals surface area contributed by atoms with Gasteiger partial charge in [-0.2, -0.15) is 0 Å². The Hall–Kier alpha value is -1.03. The number of carboxylic acids is 1. The predicted molar refractivity (Wildman–Crippen MR) is 55.0 cm³/mol. The Morgan fingerprint density at radius 1 is 1.64 bits per heavy atom. The van der Waals surface area contributed by atoms with Crippen LogP contribution in [0.25, 0.3) is 0 Å². The minimum Gasteiger partial charge on any atom is -0.478 e. The molecule has 1 saturated heterocycles. The summed E-state index contributed by atoms with van der Waals surface area (Å²) in [5.41, 5.74) is 0. The Morgan fingerprint density at radius 2 is 2.43 bits per heavy atom. The molecule has 1 atom stereocenters. The standard InChI is InChI=1S/C10H18N2O2/c1-12-7-3-2-4-9(12)8-11-6-5-10(13)14/h5-6,9,11H,2-4,7-8H2,1H3,(H,13,14)/b6-5+. The lowest BCUT2D eigenvalue weighted by Gasteiger charge is -2.32. The molecule has 0 aromatic heterocycles. The topological polar surface area (TPSA) is 52.6 Å². The van der Waals surface area contributed by atoms with Gasteiger partial charge in [-0.25, -0.2) is 4.79 Å². The zero-order valence-electron chi connectivity index (χ0n) is 8.57. The van der Waals surface area contributed by atoms with Gasteiger partial charge in [0.25, 0.3) is 0 Å². The first-order valence-electron chi connectivity index (χ1n) is 5.03. The van der Waals surface area contributed by atoms with Gasteiger partial charge in [-0.3, -0.25) is 0 Å². The highest BCUT2D eigenvalue weighted by atomic mass is 16.4. The number of piperidine rings is 1. The van der Waals surface area contributed by atoms with Crippen molar-refractivity contribution in [3.63, 3.8) is 0 Å². The van der Waals surface area contributed by atoms with Gasteiger partial charge in [0.1, 0.15) is 0 Å². The maximum Gasteiger partial charge on any atom is 0.329 e. The second-order valence-electron chi connectivity index (χ2n) is 3.71. The molecule has 4 heteroatoms. The predicted octanol–water partition coefficient (Wildman–Crippen LogP) is 0.659. The smallest absolute Gasteiger partial charge is 0.329 e. The van der Waals surface area contributed by atoms with Gasteiger partial charge in [0.15, 0.2) is 0 Å². The molecule has 1 aliphatic rings. The molecule has 1 unspecified atom stereocenters. The molecule has 0 aromatic rings. The van der Waals surface area contributed by atoms with Crippen molar-refractivity contribution in [2.75, 3.05) is 20.1 Å². The lowest BCUT2D eigenvalue weighted by atomic mass is 10.0. The number of nitrogens with one attached hydrogen (secondary N) is 1. The average Bonchev–Trinajstić information content (AvgIpc) is 2.15. The van der Waals surface area contributed by atoms with Crippen LogP contribution in [0.1, 0.15) is 19.3 Å². The van der Waals surface area contributed by atoms with Crippen LogP contribution in [-0.2, 0) is 4.79 Å². The van der Waals surface area contributed by atoms with Crippen molar-refractivity contribution in [3.8, 4) is 0 Å². The number of carboxylic acid groups (broad SMARTS) is 1. The van der Waals surface area contributed by atoms with Gasteiger partial charge in [0.05, 0.1) is 0 Å². The van der Waals surface area contributed by atoms with Gasteiger partial charge in [0, 0.05) is 24.9 Å². The van der Waals surface area contributed by atoms with Gasteiger partial charge in [0.2, 0.25) is 0 Å². The number of likely N-dealkylation sites (tertiary alicyclic amines) is 1. The Kier molecular flexibility index (Phi) is 4.46. The number of carbonyl (C=O) groups is 1. The fourth-order valence-electron chi connectivity index (χ4n) is 1.74. The average molecular weight is 198 g/mol. The third-order valence-corrected chi connectivity index (χ3v) is 2.62. The second kappa shape index (κ2) is 5.65. The van der Waals surface area contributed by atoms with Crippen molar-refractivity contribution < 1.29 is 9.90 Å². The first kappa shape index (κ1) is 11.0. The maximum absolute atomic E-state index is 10.2. The monoisotopic (exact) mass is 198 g/mol. The molecule has 0 aliphatic carbocycles. The van der Waals surface area contributed by atoms with Gasteiger partial charge in [-0.05, 0) is 26.4 Å². The molecule has 0 bridgehead atoms. The van der Waals surface area contributed by atoms with E-state index in [1.54, 1.807) is 0 Å². The molecule has 1 heterocycles. The van der Waals surface area contributed by atoms with E-state index in [4.69, 9.17) is 5.11 Å². The van der Waals surface area contributed by atoms with Crippen LogP contribution in [0.5, 0.6) is 0 Å². The second-order valence-corrected chi connectivity index (χ2v) is 3.71. The lowest BCUT2D eigenvalue weighted by Crippen LogP contribution is -2.41. The van der Waals surface area contributed by atoms with Gasteiger partial charge in [-0.1, -0.05) is 6.42 Å². The normalized spacial score (nSPS) is 23.9. The van der Waals surface area contributed by atoms with E-state index in [-0.39, 0.29) is 0 Å². The molecule has 0 radical (unpaired) electrons.